The van der Waals surface area contributed by atoms with Gasteiger partial charge >= 0.3 is 11.4 Å². The van der Waals surface area contributed by atoms with Gasteiger partial charge in [0.25, 0.3) is 0 Å². The molecule has 1 aromatic rings. The van der Waals surface area contributed by atoms with Crippen molar-refractivity contribution in [2.75, 3.05) is 12.8 Å². The van der Waals surface area contributed by atoms with Crippen LogP contribution >= 0.6 is 11.6 Å². The van der Waals surface area contributed by atoms with E-state index >= 15 is 0 Å². The molecule has 0 unspecified atom stereocenters. The van der Waals surface area contributed by atoms with Gasteiger partial charge in [-0.3, -0.25) is 0 Å². The number of carbonyl (C=O) groups is 2. The number of hydrogen-bond donors (Lipinski definition) is 2. The van der Waals surface area contributed by atoms with Crippen LogP contribution in [0.25, 0.3) is 0 Å². The second kappa shape index (κ2) is 6.62. The van der Waals surface area contributed by atoms with Crippen molar-refractivity contribution in [1.29, 1.82) is 0 Å². The van der Waals surface area contributed by atoms with Gasteiger partial charge in [0.05, 0.1) is 12.7 Å². The predicted octanol–water partition coefficient (Wildman–Crippen LogP) is 2.10. The summed E-state index contributed by atoms with van der Waals surface area (Å²) in [5.41, 5.74) is 4.29. The molecule has 0 saturated heterocycles. The van der Waals surface area contributed by atoms with E-state index < -0.39 is 17.2 Å². The average molecular weight is 250 g/mol. The minimum atomic E-state index is -1.15. The fraction of sp³-hybridized carbons (Fsp3) is 0.111. The number of hydrogen-bond acceptors (Lipinski definition) is 4. The van der Waals surface area contributed by atoms with Crippen molar-refractivity contribution in [3.8, 4) is 0 Å². The van der Waals surface area contributed by atoms with Crippen molar-refractivity contribution in [2.24, 2.45) is 0 Å². The van der Waals surface area contributed by atoms with Gasteiger partial charge in [-0.05, 0) is 18.2 Å². The Morgan fingerprint density at radius 1 is 1.50 bits per heavy atom. The van der Waals surface area contributed by atoms with Crippen molar-refractivity contribution in [2.45, 2.75) is 0 Å². The number of halogens is 2. The maximum absolute atomic E-state index is 12.3. The monoisotopic (exact) mass is 249 g/mol. The molecule has 3 N–H and O–H groups in total. The normalized spacial score (nSPS) is 8.69. The Labute approximate surface area is 95.6 Å². The van der Waals surface area contributed by atoms with Crippen LogP contribution < -0.4 is 5.73 Å². The molecule has 5 nitrogen and oxygen atoms in total. The van der Waals surface area contributed by atoms with Gasteiger partial charge in [-0.1, -0.05) is 0 Å². The van der Waals surface area contributed by atoms with E-state index in [0.29, 0.717) is 0 Å². The van der Waals surface area contributed by atoms with Crippen LogP contribution in [-0.4, -0.2) is 23.6 Å². The van der Waals surface area contributed by atoms with Gasteiger partial charge in [-0.25, -0.2) is 14.0 Å². The molecule has 0 radical (unpaired) electrons. The summed E-state index contributed by atoms with van der Waals surface area (Å²) in [6.07, 6.45) is 0. The first-order valence-electron chi connectivity index (χ1n) is 3.90. The molecule has 0 aliphatic carbocycles. The largest absolute Gasteiger partial charge is 0.478 e. The standard InChI is InChI=1S/C7H6FNO2.C2H3ClO2/c8-4-1-2-5(7(10)11)6(9)3-4;1-5-2(3)4/h1-3H,9H2,(H,10,11);1H3. The first kappa shape index (κ1) is 14.2. The fourth-order valence-corrected chi connectivity index (χ4v) is 0.728. The molecule has 1 aromatic carbocycles. The van der Waals surface area contributed by atoms with Crippen LogP contribution in [0.1, 0.15) is 10.4 Å². The number of carboxylic acids is 1. The Kier molecular flexibility index (Phi) is 5.87. The fourth-order valence-electron chi connectivity index (χ4n) is 0.728. The lowest BCUT2D eigenvalue weighted by Gasteiger charge is -1.98. The number of nitrogen functional groups attached to an aromatic ring is 1. The van der Waals surface area contributed by atoms with Crippen LogP contribution in [-0.2, 0) is 4.74 Å². The predicted molar refractivity (Wildman–Crippen MR) is 56.0 cm³/mol. The number of rotatable bonds is 1. The Morgan fingerprint density at radius 2 is 2.00 bits per heavy atom. The first-order valence-corrected chi connectivity index (χ1v) is 4.28. The number of anilines is 1. The molecule has 0 spiro atoms. The van der Waals surface area contributed by atoms with E-state index in [1.807, 2.05) is 0 Å². The van der Waals surface area contributed by atoms with Gasteiger partial charge in [0.2, 0.25) is 0 Å². The minimum Gasteiger partial charge on any atom is -0.478 e. The van der Waals surface area contributed by atoms with Crippen LogP contribution in [0.4, 0.5) is 14.9 Å². The lowest BCUT2D eigenvalue weighted by molar-refractivity contribution is 0.0698. The third-order valence-corrected chi connectivity index (χ3v) is 1.56. The summed E-state index contributed by atoms with van der Waals surface area (Å²) in [6.45, 7) is 0. The quantitative estimate of drug-likeness (QED) is 0.588. The van der Waals surface area contributed by atoms with Crippen LogP contribution in [0.3, 0.4) is 0 Å². The number of carboxylic acid groups (broad SMARTS) is 1. The molecule has 0 bridgehead atoms. The lowest BCUT2D eigenvalue weighted by Crippen LogP contribution is -2.02. The SMILES string of the molecule is COC(=O)Cl.Nc1cc(F)ccc1C(=O)O. The molecule has 7 heteroatoms. The first-order chi connectivity index (χ1) is 7.38. The molecular weight excluding hydrogens is 241 g/mol. The highest BCUT2D eigenvalue weighted by Gasteiger charge is 2.06. The van der Waals surface area contributed by atoms with Gasteiger partial charge in [0.15, 0.2) is 0 Å². The highest BCUT2D eigenvalue weighted by Crippen LogP contribution is 2.12. The molecule has 0 fully saturated rings. The molecule has 0 aromatic heterocycles. The van der Waals surface area contributed by atoms with Gasteiger partial charge in [0, 0.05) is 17.3 Å². The Bertz CT molecular complexity index is 397. The summed E-state index contributed by atoms with van der Waals surface area (Å²) in [6, 6.07) is 3.16. The minimum absolute atomic E-state index is 0.0579. The van der Waals surface area contributed by atoms with Crippen LogP contribution in [0.2, 0.25) is 0 Å². The molecule has 16 heavy (non-hydrogen) atoms. The smallest absolute Gasteiger partial charge is 0.403 e. The molecule has 0 atom stereocenters. The van der Waals surface area contributed by atoms with Gasteiger partial charge in [-0.2, -0.15) is 0 Å². The van der Waals surface area contributed by atoms with E-state index in [0.717, 1.165) is 18.2 Å². The summed E-state index contributed by atoms with van der Waals surface area (Å²) < 4.78 is 16.2. The van der Waals surface area contributed by atoms with Crippen LogP contribution in [0.5, 0.6) is 0 Å². The summed E-state index contributed by atoms with van der Waals surface area (Å²) in [7, 11) is 1.22. The van der Waals surface area contributed by atoms with Gasteiger partial charge < -0.3 is 15.6 Å². The zero-order valence-electron chi connectivity index (χ0n) is 8.24. The summed E-state index contributed by atoms with van der Waals surface area (Å²) in [4.78, 5) is 19.7. The summed E-state index contributed by atoms with van der Waals surface area (Å²) in [5.74, 6) is -1.69. The molecular formula is C9H9ClFNO4. The summed E-state index contributed by atoms with van der Waals surface area (Å²) in [5, 5.41) is 8.45. The zero-order chi connectivity index (χ0) is 12.7. The topological polar surface area (TPSA) is 89.6 Å². The van der Waals surface area contributed by atoms with E-state index in [-0.39, 0.29) is 11.3 Å². The van der Waals surface area contributed by atoms with E-state index in [1.165, 1.54) is 7.11 Å². The summed E-state index contributed by atoms with van der Waals surface area (Å²) >= 11 is 4.60. The second-order valence-electron chi connectivity index (χ2n) is 2.48. The molecule has 0 aliphatic heterocycles. The third-order valence-electron chi connectivity index (χ3n) is 1.40. The van der Waals surface area contributed by atoms with Crippen molar-refractivity contribution in [3.05, 3.63) is 29.6 Å². The number of methoxy groups -OCH3 is 1. The van der Waals surface area contributed by atoms with Crippen LogP contribution in [0, 0.1) is 5.82 Å². The molecule has 88 valence electrons. The molecule has 0 saturated carbocycles. The number of nitrogens with two attached hydrogens (primary N) is 1. The number of aromatic carboxylic acids is 1. The maximum atomic E-state index is 12.3. The van der Waals surface area contributed by atoms with E-state index in [2.05, 4.69) is 16.3 Å². The van der Waals surface area contributed by atoms with E-state index in [4.69, 9.17) is 10.8 Å². The average Bonchev–Trinajstić information content (AvgIpc) is 2.17. The van der Waals surface area contributed by atoms with Gasteiger partial charge in [0.1, 0.15) is 5.82 Å². The number of carbonyl (C=O) groups excluding carboxylic acids is 1. The van der Waals surface area contributed by atoms with Gasteiger partial charge in [-0.15, -0.1) is 0 Å². The van der Waals surface area contributed by atoms with Crippen molar-refractivity contribution < 1.29 is 23.8 Å². The van der Waals surface area contributed by atoms with Crippen molar-refractivity contribution in [3.63, 3.8) is 0 Å². The molecule has 0 heterocycles. The molecule has 1 rings (SSSR count). The Hall–Kier alpha value is -1.82. The highest BCUT2D eigenvalue weighted by atomic mass is 35.5. The van der Waals surface area contributed by atoms with E-state index in [9.17, 15) is 14.0 Å². The molecule has 0 amide bonds. The zero-order valence-corrected chi connectivity index (χ0v) is 8.99. The van der Waals surface area contributed by atoms with Crippen LogP contribution in [0.15, 0.2) is 18.2 Å². The maximum Gasteiger partial charge on any atom is 0.403 e. The van der Waals surface area contributed by atoms with E-state index in [1.54, 1.807) is 0 Å². The third kappa shape index (κ3) is 5.16. The number of benzene rings is 1. The highest BCUT2D eigenvalue weighted by molar-refractivity contribution is 6.61. The number of ether oxygens (including phenoxy) is 1. The Morgan fingerprint density at radius 3 is 2.31 bits per heavy atom. The second-order valence-corrected chi connectivity index (χ2v) is 2.79. The van der Waals surface area contributed by atoms with Crippen molar-refractivity contribution >= 4 is 28.7 Å². The lowest BCUT2D eigenvalue weighted by atomic mass is 10.2. The molecule has 0 aliphatic rings. The van der Waals surface area contributed by atoms with Crippen molar-refractivity contribution in [1.82, 2.24) is 0 Å². The Balaban J connectivity index is 0.000000385.